The van der Waals surface area contributed by atoms with Gasteiger partial charge in [-0.1, -0.05) is 12.1 Å². The molecular formula is C13H15F6NO2. The van der Waals surface area contributed by atoms with Gasteiger partial charge in [0.25, 0.3) is 6.17 Å². The van der Waals surface area contributed by atoms with Crippen LogP contribution < -0.4 is 10.1 Å². The van der Waals surface area contributed by atoms with E-state index >= 15 is 0 Å². The third kappa shape index (κ3) is 5.72. The zero-order valence-electron chi connectivity index (χ0n) is 11.6. The lowest BCUT2D eigenvalue weighted by Crippen LogP contribution is -2.45. The van der Waals surface area contributed by atoms with Gasteiger partial charge in [0, 0.05) is 20.2 Å². The van der Waals surface area contributed by atoms with Gasteiger partial charge < -0.3 is 14.8 Å². The van der Waals surface area contributed by atoms with Crippen molar-refractivity contribution in [1.82, 2.24) is 5.32 Å². The molecule has 1 rings (SSSR count). The van der Waals surface area contributed by atoms with Gasteiger partial charge >= 0.3 is 12.3 Å². The van der Waals surface area contributed by atoms with Gasteiger partial charge in [-0.05, 0) is 17.7 Å². The van der Waals surface area contributed by atoms with Crippen LogP contribution in [0.2, 0.25) is 0 Å². The molecule has 0 fully saturated rings. The number of nitrogens with one attached hydrogen (secondary N) is 1. The zero-order chi connectivity index (χ0) is 16.8. The van der Waals surface area contributed by atoms with Crippen LogP contribution in [0.25, 0.3) is 0 Å². The summed E-state index contributed by atoms with van der Waals surface area (Å²) in [7, 11) is 1.53. The van der Waals surface area contributed by atoms with Crippen LogP contribution in [0.1, 0.15) is 5.56 Å². The van der Waals surface area contributed by atoms with E-state index in [4.69, 9.17) is 4.74 Å². The maximum atomic E-state index is 13.0. The van der Waals surface area contributed by atoms with E-state index in [0.717, 1.165) is 12.1 Å². The monoisotopic (exact) mass is 331 g/mol. The molecule has 22 heavy (non-hydrogen) atoms. The highest BCUT2D eigenvalue weighted by molar-refractivity contribution is 5.27. The third-order valence-electron chi connectivity index (χ3n) is 2.57. The number of alkyl halides is 6. The van der Waals surface area contributed by atoms with Gasteiger partial charge in [0.15, 0.2) is 0 Å². The van der Waals surface area contributed by atoms with Crippen molar-refractivity contribution < 1.29 is 35.8 Å². The van der Waals surface area contributed by atoms with Crippen LogP contribution in [0.3, 0.4) is 0 Å². The first-order valence-electron chi connectivity index (χ1n) is 6.23. The van der Waals surface area contributed by atoms with Crippen molar-refractivity contribution in [3.8, 4) is 5.75 Å². The highest BCUT2D eigenvalue weighted by atomic mass is 19.4. The Bertz CT molecular complexity index is 449. The Morgan fingerprint density at radius 2 is 1.68 bits per heavy atom. The molecule has 1 atom stereocenters. The fraction of sp³-hybridized carbons (Fsp3) is 0.538. The minimum atomic E-state index is -5.70. The van der Waals surface area contributed by atoms with Crippen LogP contribution in [0.15, 0.2) is 24.3 Å². The number of ether oxygens (including phenoxy) is 2. The highest BCUT2D eigenvalue weighted by Crippen LogP contribution is 2.36. The number of halogens is 6. The van der Waals surface area contributed by atoms with Gasteiger partial charge in [0.2, 0.25) is 0 Å². The number of rotatable bonds is 8. The summed E-state index contributed by atoms with van der Waals surface area (Å²) in [6.45, 7) is 1.47. The van der Waals surface area contributed by atoms with Crippen LogP contribution in [0, 0.1) is 0 Å². The summed E-state index contributed by atoms with van der Waals surface area (Å²) in [6, 6.07) is 4.85. The van der Waals surface area contributed by atoms with E-state index < -0.39 is 24.2 Å². The Labute approximate surface area is 123 Å². The maximum absolute atomic E-state index is 13.0. The molecule has 0 spiro atoms. The number of methoxy groups -OCH3 is 1. The first-order chi connectivity index (χ1) is 10.2. The first kappa shape index (κ1) is 18.6. The van der Waals surface area contributed by atoms with E-state index in [2.05, 4.69) is 10.1 Å². The van der Waals surface area contributed by atoms with Gasteiger partial charge in [-0.25, -0.2) is 4.39 Å². The summed E-state index contributed by atoms with van der Waals surface area (Å²) in [4.78, 5) is 0. The topological polar surface area (TPSA) is 30.5 Å². The van der Waals surface area contributed by atoms with E-state index in [1.54, 1.807) is 0 Å². The number of benzene rings is 1. The predicted molar refractivity (Wildman–Crippen MR) is 66.6 cm³/mol. The second kappa shape index (κ2) is 7.68. The van der Waals surface area contributed by atoms with Crippen molar-refractivity contribution in [2.45, 2.75) is 25.0 Å². The minimum absolute atomic E-state index is 0.411. The van der Waals surface area contributed by atoms with E-state index in [-0.39, 0.29) is 0 Å². The lowest BCUT2D eigenvalue weighted by molar-refractivity contribution is -0.304. The SMILES string of the molecule is COCCNCc1ccc(OC(F)(F)C(F)C(F)(F)F)cc1. The molecule has 1 unspecified atom stereocenters. The molecule has 0 amide bonds. The Balaban J connectivity index is 2.60. The van der Waals surface area contributed by atoms with E-state index in [9.17, 15) is 26.3 Å². The molecular weight excluding hydrogens is 316 g/mol. The van der Waals surface area contributed by atoms with Crippen molar-refractivity contribution in [1.29, 1.82) is 0 Å². The van der Waals surface area contributed by atoms with Gasteiger partial charge in [0.05, 0.1) is 6.61 Å². The Morgan fingerprint density at radius 1 is 1.09 bits per heavy atom. The Kier molecular flexibility index (Phi) is 6.48. The van der Waals surface area contributed by atoms with Crippen LogP contribution >= 0.6 is 0 Å². The molecule has 0 radical (unpaired) electrons. The molecule has 1 aromatic carbocycles. The molecule has 3 nitrogen and oxygen atoms in total. The molecule has 9 heteroatoms. The fourth-order valence-electron chi connectivity index (χ4n) is 1.48. The molecule has 0 aromatic heterocycles. The average molecular weight is 331 g/mol. The van der Waals surface area contributed by atoms with Crippen molar-refractivity contribution >= 4 is 0 Å². The normalized spacial score (nSPS) is 14.0. The molecule has 0 saturated carbocycles. The molecule has 1 N–H and O–H groups in total. The van der Waals surface area contributed by atoms with E-state index in [1.807, 2.05) is 0 Å². The van der Waals surface area contributed by atoms with E-state index in [1.165, 1.54) is 19.2 Å². The summed E-state index contributed by atoms with van der Waals surface area (Å²) in [5.41, 5.74) is 0.694. The summed E-state index contributed by atoms with van der Waals surface area (Å²) in [5, 5.41) is 2.99. The van der Waals surface area contributed by atoms with Crippen LogP contribution in [0.5, 0.6) is 5.75 Å². The minimum Gasteiger partial charge on any atom is -0.430 e. The molecule has 1 aromatic rings. The Hall–Kier alpha value is -1.48. The molecule has 0 aliphatic rings. The quantitative estimate of drug-likeness (QED) is 0.586. The smallest absolute Gasteiger partial charge is 0.430 e. The molecule has 0 bridgehead atoms. The summed E-state index contributed by atoms with van der Waals surface area (Å²) < 4.78 is 83.3. The number of hydrogen-bond donors (Lipinski definition) is 1. The molecule has 0 aliphatic carbocycles. The summed E-state index contributed by atoms with van der Waals surface area (Å²) in [6.07, 6.45) is -15.1. The van der Waals surface area contributed by atoms with Crippen molar-refractivity contribution in [2.24, 2.45) is 0 Å². The maximum Gasteiger partial charge on any atom is 0.439 e. The second-order valence-electron chi connectivity index (χ2n) is 4.38. The highest BCUT2D eigenvalue weighted by Gasteiger charge is 2.59. The number of hydrogen-bond acceptors (Lipinski definition) is 3. The standard InChI is InChI=1S/C13H15F6NO2/c1-21-7-6-20-8-9-2-4-10(5-3-9)22-13(18,19)11(14)12(15,16)17/h2-5,11,20H,6-8H2,1H3. The van der Waals surface area contributed by atoms with Crippen molar-refractivity contribution in [3.63, 3.8) is 0 Å². The fourth-order valence-corrected chi connectivity index (χ4v) is 1.48. The molecule has 0 heterocycles. The van der Waals surface area contributed by atoms with E-state index in [0.29, 0.717) is 25.3 Å². The van der Waals surface area contributed by atoms with Crippen molar-refractivity contribution in [2.75, 3.05) is 20.3 Å². The van der Waals surface area contributed by atoms with Gasteiger partial charge in [0.1, 0.15) is 5.75 Å². The van der Waals surface area contributed by atoms with Crippen molar-refractivity contribution in [3.05, 3.63) is 29.8 Å². The summed E-state index contributed by atoms with van der Waals surface area (Å²) in [5.74, 6) is -0.558. The third-order valence-corrected chi connectivity index (χ3v) is 2.57. The van der Waals surface area contributed by atoms with Crippen LogP contribution in [-0.2, 0) is 11.3 Å². The largest absolute Gasteiger partial charge is 0.439 e. The van der Waals surface area contributed by atoms with Gasteiger partial charge in [-0.15, -0.1) is 0 Å². The van der Waals surface area contributed by atoms with Crippen LogP contribution in [-0.4, -0.2) is 38.7 Å². The Morgan fingerprint density at radius 3 is 2.18 bits per heavy atom. The zero-order valence-corrected chi connectivity index (χ0v) is 11.6. The first-order valence-corrected chi connectivity index (χ1v) is 6.23. The lowest BCUT2D eigenvalue weighted by atomic mass is 10.2. The van der Waals surface area contributed by atoms with Gasteiger partial charge in [-0.3, -0.25) is 0 Å². The lowest BCUT2D eigenvalue weighted by Gasteiger charge is -2.23. The van der Waals surface area contributed by atoms with Gasteiger partial charge in [-0.2, -0.15) is 22.0 Å². The molecule has 0 aliphatic heterocycles. The average Bonchev–Trinajstić information content (AvgIpc) is 2.43. The predicted octanol–water partition coefficient (Wildman–Crippen LogP) is 3.29. The van der Waals surface area contributed by atoms with Crippen LogP contribution in [0.4, 0.5) is 26.3 Å². The molecule has 126 valence electrons. The molecule has 0 saturated heterocycles. The summed E-state index contributed by atoms with van der Waals surface area (Å²) >= 11 is 0. The second-order valence-corrected chi connectivity index (χ2v) is 4.38.